The fourth-order valence-corrected chi connectivity index (χ4v) is 1.70. The van der Waals surface area contributed by atoms with E-state index in [0.29, 0.717) is 6.54 Å². The summed E-state index contributed by atoms with van der Waals surface area (Å²) in [5.74, 6) is 0. The zero-order valence-electron chi connectivity index (χ0n) is 8.48. The molecule has 6 N–H and O–H groups in total. The molecule has 0 aromatic heterocycles. The number of hydrogen-bond donors (Lipinski definition) is 2. The molecule has 15 heavy (non-hydrogen) atoms. The molecule has 0 spiro atoms. The molecule has 0 aliphatic carbocycles. The van der Waals surface area contributed by atoms with Gasteiger partial charge in [-0.1, -0.05) is 42.5 Å². The Bertz CT molecular complexity index is 437. The molecule has 3 heteroatoms. The minimum atomic E-state index is -0.0684. The lowest BCUT2D eigenvalue weighted by molar-refractivity contribution is 0.743. The molecule has 80 valence electrons. The van der Waals surface area contributed by atoms with Crippen LogP contribution in [0.2, 0.25) is 0 Å². The van der Waals surface area contributed by atoms with E-state index in [1.807, 2.05) is 24.3 Å². The lowest BCUT2D eigenvalue weighted by Crippen LogP contribution is -2.20. The predicted octanol–water partition coefficient (Wildman–Crippen LogP) is 0.974. The summed E-state index contributed by atoms with van der Waals surface area (Å²) in [5.41, 5.74) is 12.6. The van der Waals surface area contributed by atoms with Crippen LogP contribution in [0.25, 0.3) is 10.8 Å². The maximum atomic E-state index is 5.94. The van der Waals surface area contributed by atoms with Crippen molar-refractivity contribution in [2.75, 3.05) is 6.54 Å². The summed E-state index contributed by atoms with van der Waals surface area (Å²) < 4.78 is 0. The third kappa shape index (κ3) is 2.15. The summed E-state index contributed by atoms with van der Waals surface area (Å²) in [6.45, 7) is 0.480. The van der Waals surface area contributed by atoms with E-state index in [4.69, 9.17) is 11.5 Å². The van der Waals surface area contributed by atoms with Crippen molar-refractivity contribution in [2.24, 2.45) is 11.5 Å². The number of benzene rings is 2. The molecule has 0 saturated heterocycles. The van der Waals surface area contributed by atoms with Crippen LogP contribution in [-0.2, 0) is 0 Å². The molecule has 0 heterocycles. The van der Waals surface area contributed by atoms with Crippen molar-refractivity contribution in [1.82, 2.24) is 0 Å². The van der Waals surface area contributed by atoms with Gasteiger partial charge in [-0.3, -0.25) is 0 Å². The Kier molecular flexibility index (Phi) is 3.80. The van der Waals surface area contributed by atoms with Gasteiger partial charge in [0, 0.05) is 12.6 Å². The van der Waals surface area contributed by atoms with E-state index in [2.05, 4.69) is 18.2 Å². The van der Waals surface area contributed by atoms with Gasteiger partial charge < -0.3 is 16.9 Å². The molecule has 2 aromatic rings. The Labute approximate surface area is 89.0 Å². The van der Waals surface area contributed by atoms with E-state index >= 15 is 0 Å². The molecule has 0 bridgehead atoms. The molecule has 0 saturated carbocycles. The molecule has 0 aliphatic heterocycles. The predicted molar refractivity (Wildman–Crippen MR) is 63.5 cm³/mol. The molecule has 0 fully saturated rings. The zero-order valence-corrected chi connectivity index (χ0v) is 8.48. The van der Waals surface area contributed by atoms with Crippen LogP contribution in [0.3, 0.4) is 0 Å². The molecule has 0 amide bonds. The average molecular weight is 204 g/mol. The van der Waals surface area contributed by atoms with Crippen LogP contribution in [0, 0.1) is 0 Å². The highest BCUT2D eigenvalue weighted by Gasteiger charge is 2.06. The Morgan fingerprint density at radius 2 is 1.67 bits per heavy atom. The first-order valence-corrected chi connectivity index (χ1v) is 4.76. The molecular weight excluding hydrogens is 188 g/mol. The Morgan fingerprint density at radius 3 is 2.40 bits per heavy atom. The number of nitrogens with two attached hydrogens (primary N) is 2. The third-order valence-electron chi connectivity index (χ3n) is 2.48. The average Bonchev–Trinajstić information content (AvgIpc) is 2.27. The summed E-state index contributed by atoms with van der Waals surface area (Å²) in [7, 11) is 0. The van der Waals surface area contributed by atoms with Crippen LogP contribution in [0.5, 0.6) is 0 Å². The molecule has 1 atom stereocenters. The first-order valence-electron chi connectivity index (χ1n) is 4.76. The van der Waals surface area contributed by atoms with Gasteiger partial charge in [0.15, 0.2) is 0 Å². The van der Waals surface area contributed by atoms with Crippen LogP contribution in [0.15, 0.2) is 42.5 Å². The highest BCUT2D eigenvalue weighted by molar-refractivity contribution is 5.86. The third-order valence-corrected chi connectivity index (χ3v) is 2.48. The van der Waals surface area contributed by atoms with Crippen LogP contribution in [-0.4, -0.2) is 12.0 Å². The molecule has 2 rings (SSSR count). The van der Waals surface area contributed by atoms with Gasteiger partial charge in [0.2, 0.25) is 0 Å². The van der Waals surface area contributed by atoms with Crippen LogP contribution >= 0.6 is 0 Å². The zero-order chi connectivity index (χ0) is 9.97. The Balaban J connectivity index is 0.00000112. The largest absolute Gasteiger partial charge is 0.412 e. The first kappa shape index (κ1) is 11.7. The van der Waals surface area contributed by atoms with E-state index in [1.54, 1.807) is 0 Å². The molecule has 1 unspecified atom stereocenters. The van der Waals surface area contributed by atoms with Gasteiger partial charge in [0.25, 0.3) is 0 Å². The summed E-state index contributed by atoms with van der Waals surface area (Å²) in [4.78, 5) is 0. The van der Waals surface area contributed by atoms with E-state index in [0.717, 1.165) is 5.56 Å². The molecule has 0 radical (unpaired) electrons. The maximum Gasteiger partial charge on any atom is 0.0425 e. The quantitative estimate of drug-likeness (QED) is 0.764. The van der Waals surface area contributed by atoms with E-state index < -0.39 is 0 Å². The summed E-state index contributed by atoms with van der Waals surface area (Å²) in [5, 5.41) is 2.42. The van der Waals surface area contributed by atoms with Gasteiger partial charge in [-0.2, -0.15) is 0 Å². The SMILES string of the molecule is NCC(N)c1cccc2ccccc12.O. The van der Waals surface area contributed by atoms with Gasteiger partial charge in [0.05, 0.1) is 0 Å². The molecular formula is C12H16N2O. The standard InChI is InChI=1S/C12H14N2.H2O/c13-8-12(14)11-7-3-5-9-4-1-2-6-10(9)11;/h1-7,12H,8,13-14H2;1H2. The number of fused-ring (bicyclic) bond motifs is 1. The van der Waals surface area contributed by atoms with Gasteiger partial charge in [-0.05, 0) is 16.3 Å². The fourth-order valence-electron chi connectivity index (χ4n) is 1.70. The van der Waals surface area contributed by atoms with Gasteiger partial charge in [-0.25, -0.2) is 0 Å². The smallest absolute Gasteiger partial charge is 0.0425 e. The van der Waals surface area contributed by atoms with Crippen molar-refractivity contribution in [3.8, 4) is 0 Å². The first-order chi connectivity index (χ1) is 6.83. The van der Waals surface area contributed by atoms with Crippen LogP contribution < -0.4 is 11.5 Å². The van der Waals surface area contributed by atoms with Gasteiger partial charge in [0.1, 0.15) is 0 Å². The second kappa shape index (κ2) is 4.89. The van der Waals surface area contributed by atoms with E-state index in [9.17, 15) is 0 Å². The molecule has 0 aliphatic rings. The monoisotopic (exact) mass is 204 g/mol. The Morgan fingerprint density at radius 1 is 1.00 bits per heavy atom. The highest BCUT2D eigenvalue weighted by atomic mass is 16.0. The second-order valence-corrected chi connectivity index (χ2v) is 3.41. The normalized spacial score (nSPS) is 12.1. The van der Waals surface area contributed by atoms with Crippen LogP contribution in [0.4, 0.5) is 0 Å². The van der Waals surface area contributed by atoms with E-state index in [-0.39, 0.29) is 11.5 Å². The fraction of sp³-hybridized carbons (Fsp3) is 0.167. The summed E-state index contributed by atoms with van der Waals surface area (Å²) in [6.07, 6.45) is 0. The van der Waals surface area contributed by atoms with Crippen molar-refractivity contribution < 1.29 is 5.48 Å². The van der Waals surface area contributed by atoms with Crippen molar-refractivity contribution >= 4 is 10.8 Å². The van der Waals surface area contributed by atoms with Gasteiger partial charge >= 0.3 is 0 Å². The minimum absolute atomic E-state index is 0. The number of hydrogen-bond acceptors (Lipinski definition) is 2. The topological polar surface area (TPSA) is 83.5 Å². The highest BCUT2D eigenvalue weighted by Crippen LogP contribution is 2.22. The van der Waals surface area contributed by atoms with Gasteiger partial charge in [-0.15, -0.1) is 0 Å². The van der Waals surface area contributed by atoms with Crippen molar-refractivity contribution in [1.29, 1.82) is 0 Å². The summed E-state index contributed by atoms with van der Waals surface area (Å²) >= 11 is 0. The molecule has 3 nitrogen and oxygen atoms in total. The second-order valence-electron chi connectivity index (χ2n) is 3.41. The lowest BCUT2D eigenvalue weighted by Gasteiger charge is -2.12. The van der Waals surface area contributed by atoms with Crippen molar-refractivity contribution in [3.05, 3.63) is 48.0 Å². The molecule has 2 aromatic carbocycles. The van der Waals surface area contributed by atoms with E-state index in [1.165, 1.54) is 10.8 Å². The maximum absolute atomic E-state index is 5.94. The summed E-state index contributed by atoms with van der Waals surface area (Å²) in [6, 6.07) is 14.3. The number of rotatable bonds is 2. The van der Waals surface area contributed by atoms with Crippen molar-refractivity contribution in [3.63, 3.8) is 0 Å². The van der Waals surface area contributed by atoms with Crippen LogP contribution in [0.1, 0.15) is 11.6 Å². The Hall–Kier alpha value is -1.42. The lowest BCUT2D eigenvalue weighted by atomic mass is 9.99. The van der Waals surface area contributed by atoms with Crippen molar-refractivity contribution in [2.45, 2.75) is 6.04 Å². The minimum Gasteiger partial charge on any atom is -0.412 e.